The topological polar surface area (TPSA) is 83.5 Å². The molecule has 2 N–H and O–H groups in total. The molecule has 0 saturated heterocycles. The maximum Gasteiger partial charge on any atom is 0.322 e. The normalized spacial score (nSPS) is 15.2. The van der Waals surface area contributed by atoms with Crippen molar-refractivity contribution in [3.8, 4) is 0 Å². The molecule has 0 aromatic carbocycles. The van der Waals surface area contributed by atoms with E-state index in [1.807, 2.05) is 0 Å². The highest BCUT2D eigenvalue weighted by Crippen LogP contribution is 2.34. The number of carboxylic acid groups (broad SMARTS) is 1. The molecule has 108 valence electrons. The molecule has 1 aromatic rings. The summed E-state index contributed by atoms with van der Waals surface area (Å²) in [6.07, 6.45) is 0.525. The van der Waals surface area contributed by atoms with Crippen LogP contribution in [0.4, 0.5) is 0 Å². The van der Waals surface area contributed by atoms with Crippen LogP contribution in [-0.4, -0.2) is 25.5 Å². The Kier molecular flexibility index (Phi) is 5.64. The summed E-state index contributed by atoms with van der Waals surface area (Å²) in [5.41, 5.74) is 0. The Hall–Kier alpha value is -0.340. The number of aliphatic carboxylic acids is 1. The third-order valence-electron chi connectivity index (χ3n) is 2.68. The Bertz CT molecular complexity index is 570. The van der Waals surface area contributed by atoms with Crippen LogP contribution in [0.3, 0.4) is 0 Å². The van der Waals surface area contributed by atoms with Gasteiger partial charge in [-0.2, -0.15) is 4.72 Å². The Morgan fingerprint density at radius 1 is 1.53 bits per heavy atom. The number of hydrogen-bond acceptors (Lipinski definition) is 4. The third kappa shape index (κ3) is 4.06. The molecule has 1 heterocycles. The summed E-state index contributed by atoms with van der Waals surface area (Å²) >= 11 is 12.4. The van der Waals surface area contributed by atoms with Crippen LogP contribution in [0.5, 0.6) is 0 Å². The SMILES string of the molecule is CCC(C)C(NS(=O)(=O)c1cc(Cl)sc1Cl)C(=O)O. The van der Waals surface area contributed by atoms with Gasteiger partial charge in [0.15, 0.2) is 0 Å². The van der Waals surface area contributed by atoms with Gasteiger partial charge < -0.3 is 5.11 Å². The van der Waals surface area contributed by atoms with E-state index in [0.717, 1.165) is 11.3 Å². The van der Waals surface area contributed by atoms with Crippen molar-refractivity contribution in [2.75, 3.05) is 0 Å². The van der Waals surface area contributed by atoms with Crippen molar-refractivity contribution >= 4 is 50.5 Å². The minimum absolute atomic E-state index is 0.00536. The number of sulfonamides is 1. The van der Waals surface area contributed by atoms with Gasteiger partial charge >= 0.3 is 5.97 Å². The van der Waals surface area contributed by atoms with E-state index in [4.69, 9.17) is 28.3 Å². The molecular weight excluding hydrogens is 333 g/mol. The molecule has 0 spiro atoms. The second-order valence-electron chi connectivity index (χ2n) is 4.01. The van der Waals surface area contributed by atoms with Gasteiger partial charge in [0, 0.05) is 0 Å². The van der Waals surface area contributed by atoms with Crippen LogP contribution in [0, 0.1) is 5.92 Å². The molecule has 0 fully saturated rings. The van der Waals surface area contributed by atoms with E-state index in [-0.39, 0.29) is 19.5 Å². The zero-order valence-electron chi connectivity index (χ0n) is 10.2. The van der Waals surface area contributed by atoms with E-state index in [1.54, 1.807) is 13.8 Å². The number of carboxylic acids is 1. The average Bonchev–Trinajstić information content (AvgIpc) is 2.65. The van der Waals surface area contributed by atoms with Gasteiger partial charge in [0.25, 0.3) is 0 Å². The van der Waals surface area contributed by atoms with E-state index in [2.05, 4.69) is 4.72 Å². The molecule has 1 rings (SSSR count). The molecule has 2 unspecified atom stereocenters. The third-order valence-corrected chi connectivity index (χ3v) is 5.87. The van der Waals surface area contributed by atoms with E-state index in [9.17, 15) is 13.2 Å². The minimum atomic E-state index is -4.01. The lowest BCUT2D eigenvalue weighted by atomic mass is 10.0. The van der Waals surface area contributed by atoms with Crippen LogP contribution >= 0.6 is 34.5 Å². The van der Waals surface area contributed by atoms with E-state index >= 15 is 0 Å². The molecule has 0 aliphatic heterocycles. The van der Waals surface area contributed by atoms with Crippen molar-refractivity contribution in [1.29, 1.82) is 0 Å². The first-order valence-electron chi connectivity index (χ1n) is 5.39. The zero-order chi connectivity index (χ0) is 14.8. The molecule has 0 amide bonds. The Labute approximate surface area is 125 Å². The maximum atomic E-state index is 12.1. The molecule has 0 bridgehead atoms. The summed E-state index contributed by atoms with van der Waals surface area (Å²) in [5, 5.41) is 9.08. The van der Waals surface area contributed by atoms with Crippen LogP contribution in [0.2, 0.25) is 8.67 Å². The number of nitrogens with one attached hydrogen (secondary N) is 1. The van der Waals surface area contributed by atoms with Crippen LogP contribution in [0.15, 0.2) is 11.0 Å². The molecule has 0 aliphatic rings. The van der Waals surface area contributed by atoms with Crippen molar-refractivity contribution in [3.05, 3.63) is 14.7 Å². The monoisotopic (exact) mass is 345 g/mol. The highest BCUT2D eigenvalue weighted by Gasteiger charge is 2.31. The molecule has 5 nitrogen and oxygen atoms in total. The van der Waals surface area contributed by atoms with Crippen LogP contribution in [-0.2, 0) is 14.8 Å². The lowest BCUT2D eigenvalue weighted by Gasteiger charge is -2.19. The van der Waals surface area contributed by atoms with Gasteiger partial charge in [-0.3, -0.25) is 4.79 Å². The second kappa shape index (κ2) is 6.41. The summed E-state index contributed by atoms with van der Waals surface area (Å²) in [6, 6.07) is -0.00314. The van der Waals surface area contributed by atoms with Crippen LogP contribution in [0.25, 0.3) is 0 Å². The fourth-order valence-corrected chi connectivity index (χ4v) is 4.83. The first-order chi connectivity index (χ1) is 8.69. The van der Waals surface area contributed by atoms with Crippen molar-refractivity contribution in [3.63, 3.8) is 0 Å². The number of halogens is 2. The van der Waals surface area contributed by atoms with Gasteiger partial charge in [-0.25, -0.2) is 8.42 Å². The van der Waals surface area contributed by atoms with Gasteiger partial charge in [-0.05, 0) is 12.0 Å². The predicted octanol–water partition coefficient (Wildman–Crippen LogP) is 2.83. The molecule has 0 aliphatic carbocycles. The number of carbonyl (C=O) groups is 1. The Morgan fingerprint density at radius 3 is 2.47 bits per heavy atom. The average molecular weight is 346 g/mol. The summed E-state index contributed by atoms with van der Waals surface area (Å²) in [4.78, 5) is 10.9. The molecule has 0 radical (unpaired) electrons. The summed E-state index contributed by atoms with van der Waals surface area (Å²) < 4.78 is 26.6. The lowest BCUT2D eigenvalue weighted by Crippen LogP contribution is -2.44. The zero-order valence-corrected chi connectivity index (χ0v) is 13.3. The molecule has 19 heavy (non-hydrogen) atoms. The van der Waals surface area contributed by atoms with Crippen molar-refractivity contribution in [2.45, 2.75) is 31.2 Å². The number of rotatable bonds is 6. The van der Waals surface area contributed by atoms with Crippen LogP contribution in [0.1, 0.15) is 20.3 Å². The van der Waals surface area contributed by atoms with Crippen molar-refractivity contribution in [2.24, 2.45) is 5.92 Å². The summed E-state index contributed by atoms with van der Waals surface area (Å²) in [5.74, 6) is -1.57. The Balaban J connectivity index is 3.08. The van der Waals surface area contributed by atoms with Gasteiger partial charge in [-0.1, -0.05) is 43.5 Å². The second-order valence-corrected chi connectivity index (χ2v) is 7.98. The molecule has 9 heteroatoms. The quantitative estimate of drug-likeness (QED) is 0.830. The lowest BCUT2D eigenvalue weighted by molar-refractivity contribution is -0.140. The standard InChI is InChI=1S/C10H13Cl2NO4S2/c1-3-5(2)8(10(14)15)13-19(16,17)6-4-7(11)18-9(6)12/h4-5,8,13H,3H2,1-2H3,(H,14,15). The van der Waals surface area contributed by atoms with E-state index < -0.39 is 22.0 Å². The maximum absolute atomic E-state index is 12.1. The Morgan fingerprint density at radius 2 is 2.11 bits per heavy atom. The largest absolute Gasteiger partial charge is 0.480 e. The molecule has 0 saturated carbocycles. The van der Waals surface area contributed by atoms with Crippen molar-refractivity contribution in [1.82, 2.24) is 4.72 Å². The van der Waals surface area contributed by atoms with E-state index in [1.165, 1.54) is 6.07 Å². The number of hydrogen-bond donors (Lipinski definition) is 2. The van der Waals surface area contributed by atoms with Gasteiger partial charge in [0.1, 0.15) is 15.3 Å². The van der Waals surface area contributed by atoms with Gasteiger partial charge in [0.2, 0.25) is 10.0 Å². The van der Waals surface area contributed by atoms with E-state index in [0.29, 0.717) is 6.42 Å². The first kappa shape index (κ1) is 16.7. The molecule has 2 atom stereocenters. The fraction of sp³-hybridized carbons (Fsp3) is 0.500. The fourth-order valence-electron chi connectivity index (χ4n) is 1.38. The highest BCUT2D eigenvalue weighted by atomic mass is 35.5. The summed E-state index contributed by atoms with van der Waals surface area (Å²) in [7, 11) is -4.01. The van der Waals surface area contributed by atoms with Gasteiger partial charge in [0.05, 0.1) is 4.34 Å². The predicted molar refractivity (Wildman–Crippen MR) is 75.5 cm³/mol. The molecule has 1 aromatic heterocycles. The molecular formula is C10H13Cl2NO4S2. The highest BCUT2D eigenvalue weighted by molar-refractivity contribution is 7.89. The smallest absolute Gasteiger partial charge is 0.322 e. The minimum Gasteiger partial charge on any atom is -0.480 e. The van der Waals surface area contributed by atoms with Crippen LogP contribution < -0.4 is 4.72 Å². The van der Waals surface area contributed by atoms with Crippen molar-refractivity contribution < 1.29 is 18.3 Å². The first-order valence-corrected chi connectivity index (χ1v) is 8.44. The van der Waals surface area contributed by atoms with Gasteiger partial charge in [-0.15, -0.1) is 11.3 Å². The number of thiophene rings is 1. The summed E-state index contributed by atoms with van der Waals surface area (Å²) in [6.45, 7) is 3.44.